The van der Waals surface area contributed by atoms with E-state index < -0.39 is 0 Å². The number of nitrogens with two attached hydrogens (primary N) is 1. The summed E-state index contributed by atoms with van der Waals surface area (Å²) in [6.45, 7) is 0.774. The van der Waals surface area contributed by atoms with E-state index in [-0.39, 0.29) is 11.9 Å². The molecule has 1 rings (SSSR count). The van der Waals surface area contributed by atoms with Gasteiger partial charge in [0.2, 0.25) is 0 Å². The standard InChI is InChI=1S/C10H14FNO2/c1-13-10(6-12)7-14-9-4-2-8(11)3-5-9/h2-5,10H,6-7,12H2,1H3. The molecule has 0 aromatic heterocycles. The molecule has 0 heterocycles. The van der Waals surface area contributed by atoms with Crippen molar-refractivity contribution in [2.24, 2.45) is 5.73 Å². The smallest absolute Gasteiger partial charge is 0.123 e. The lowest BCUT2D eigenvalue weighted by Gasteiger charge is -2.13. The van der Waals surface area contributed by atoms with Gasteiger partial charge in [0.15, 0.2) is 0 Å². The lowest BCUT2D eigenvalue weighted by atomic mass is 10.3. The van der Waals surface area contributed by atoms with Crippen LogP contribution in [0.1, 0.15) is 0 Å². The Morgan fingerprint density at radius 3 is 2.50 bits per heavy atom. The van der Waals surface area contributed by atoms with Crippen molar-refractivity contribution in [3.05, 3.63) is 30.1 Å². The molecule has 1 aromatic carbocycles. The van der Waals surface area contributed by atoms with Crippen molar-refractivity contribution in [1.82, 2.24) is 0 Å². The SMILES string of the molecule is COC(CN)COc1ccc(F)cc1. The van der Waals surface area contributed by atoms with E-state index in [0.717, 1.165) is 0 Å². The van der Waals surface area contributed by atoms with Crippen LogP contribution in [0.25, 0.3) is 0 Å². The second-order valence-corrected chi connectivity index (χ2v) is 2.86. The molecule has 0 saturated carbocycles. The molecule has 1 aromatic rings. The zero-order valence-electron chi connectivity index (χ0n) is 8.07. The van der Waals surface area contributed by atoms with Crippen molar-refractivity contribution < 1.29 is 13.9 Å². The number of rotatable bonds is 5. The number of benzene rings is 1. The van der Waals surface area contributed by atoms with Gasteiger partial charge in [0, 0.05) is 13.7 Å². The molecule has 0 aliphatic rings. The number of hydrogen-bond acceptors (Lipinski definition) is 3. The fraction of sp³-hybridized carbons (Fsp3) is 0.400. The molecule has 0 radical (unpaired) electrons. The highest BCUT2D eigenvalue weighted by atomic mass is 19.1. The molecule has 2 N–H and O–H groups in total. The molecule has 3 nitrogen and oxygen atoms in total. The van der Waals surface area contributed by atoms with Crippen LogP contribution in [0, 0.1) is 5.82 Å². The van der Waals surface area contributed by atoms with Crippen LogP contribution in [0.4, 0.5) is 4.39 Å². The van der Waals surface area contributed by atoms with Crippen molar-refractivity contribution in [1.29, 1.82) is 0 Å². The minimum absolute atomic E-state index is 0.125. The number of ether oxygens (including phenoxy) is 2. The third-order valence-electron chi connectivity index (χ3n) is 1.85. The van der Waals surface area contributed by atoms with Gasteiger partial charge in [-0.2, -0.15) is 0 Å². The summed E-state index contributed by atoms with van der Waals surface area (Å²) in [6, 6.07) is 5.83. The first kappa shape index (κ1) is 10.9. The molecule has 1 unspecified atom stereocenters. The van der Waals surface area contributed by atoms with Crippen LogP contribution in [0.3, 0.4) is 0 Å². The Balaban J connectivity index is 2.41. The summed E-state index contributed by atoms with van der Waals surface area (Å²) in [6.07, 6.45) is -0.125. The molecule has 0 fully saturated rings. The Bertz CT molecular complexity index is 259. The summed E-state index contributed by atoms with van der Waals surface area (Å²) in [5.74, 6) is 0.335. The van der Waals surface area contributed by atoms with Crippen molar-refractivity contribution in [2.75, 3.05) is 20.3 Å². The fourth-order valence-electron chi connectivity index (χ4n) is 0.952. The monoisotopic (exact) mass is 199 g/mol. The van der Waals surface area contributed by atoms with E-state index in [1.807, 2.05) is 0 Å². The van der Waals surface area contributed by atoms with Gasteiger partial charge in [0.05, 0.1) is 0 Å². The van der Waals surface area contributed by atoms with Gasteiger partial charge in [0.25, 0.3) is 0 Å². The van der Waals surface area contributed by atoms with Gasteiger partial charge in [-0.25, -0.2) is 4.39 Å². The molecule has 4 heteroatoms. The second kappa shape index (κ2) is 5.57. The van der Waals surface area contributed by atoms with Crippen LogP contribution in [0.5, 0.6) is 5.75 Å². The fourth-order valence-corrected chi connectivity index (χ4v) is 0.952. The average molecular weight is 199 g/mol. The summed E-state index contributed by atoms with van der Waals surface area (Å²) in [5.41, 5.74) is 5.41. The van der Waals surface area contributed by atoms with Crippen LogP contribution in [-0.4, -0.2) is 26.4 Å². The van der Waals surface area contributed by atoms with Crippen molar-refractivity contribution >= 4 is 0 Å². The first-order chi connectivity index (χ1) is 6.76. The van der Waals surface area contributed by atoms with E-state index in [4.69, 9.17) is 15.2 Å². The van der Waals surface area contributed by atoms with Crippen LogP contribution in [0.15, 0.2) is 24.3 Å². The topological polar surface area (TPSA) is 44.5 Å². The molecule has 0 aliphatic carbocycles. The first-order valence-corrected chi connectivity index (χ1v) is 4.37. The van der Waals surface area contributed by atoms with E-state index in [0.29, 0.717) is 18.9 Å². The van der Waals surface area contributed by atoms with Gasteiger partial charge < -0.3 is 15.2 Å². The van der Waals surface area contributed by atoms with Crippen LogP contribution >= 0.6 is 0 Å². The maximum atomic E-state index is 12.5. The summed E-state index contributed by atoms with van der Waals surface area (Å²) in [4.78, 5) is 0. The average Bonchev–Trinajstić information content (AvgIpc) is 2.22. The van der Waals surface area contributed by atoms with Gasteiger partial charge >= 0.3 is 0 Å². The Hall–Kier alpha value is -1.13. The van der Waals surface area contributed by atoms with Crippen molar-refractivity contribution in [2.45, 2.75) is 6.10 Å². The van der Waals surface area contributed by atoms with E-state index in [1.54, 1.807) is 19.2 Å². The molecule has 78 valence electrons. The Kier molecular flexibility index (Phi) is 4.35. The van der Waals surface area contributed by atoms with Crippen molar-refractivity contribution in [3.8, 4) is 5.75 Å². The minimum Gasteiger partial charge on any atom is -0.491 e. The summed E-state index contributed by atoms with van der Waals surface area (Å²) in [5, 5.41) is 0. The van der Waals surface area contributed by atoms with E-state index in [2.05, 4.69) is 0 Å². The molecular formula is C10H14FNO2. The van der Waals surface area contributed by atoms with Crippen molar-refractivity contribution in [3.63, 3.8) is 0 Å². The van der Waals surface area contributed by atoms with Gasteiger partial charge in [-0.05, 0) is 24.3 Å². The number of methoxy groups -OCH3 is 1. The van der Waals surface area contributed by atoms with Crippen LogP contribution in [0.2, 0.25) is 0 Å². The first-order valence-electron chi connectivity index (χ1n) is 4.37. The normalized spacial score (nSPS) is 12.5. The zero-order chi connectivity index (χ0) is 10.4. The Morgan fingerprint density at radius 1 is 1.36 bits per heavy atom. The van der Waals surface area contributed by atoms with Crippen LogP contribution in [-0.2, 0) is 4.74 Å². The maximum Gasteiger partial charge on any atom is 0.123 e. The lowest BCUT2D eigenvalue weighted by Crippen LogP contribution is -2.28. The third-order valence-corrected chi connectivity index (χ3v) is 1.85. The molecule has 0 saturated heterocycles. The van der Waals surface area contributed by atoms with Crippen LogP contribution < -0.4 is 10.5 Å². The van der Waals surface area contributed by atoms with E-state index >= 15 is 0 Å². The minimum atomic E-state index is -0.278. The zero-order valence-corrected chi connectivity index (χ0v) is 8.07. The van der Waals surface area contributed by atoms with Gasteiger partial charge in [-0.1, -0.05) is 0 Å². The molecule has 1 atom stereocenters. The van der Waals surface area contributed by atoms with Gasteiger partial charge in [-0.15, -0.1) is 0 Å². The molecule has 0 spiro atoms. The van der Waals surface area contributed by atoms with Gasteiger partial charge in [0.1, 0.15) is 24.3 Å². The maximum absolute atomic E-state index is 12.5. The second-order valence-electron chi connectivity index (χ2n) is 2.86. The predicted octanol–water partition coefficient (Wildman–Crippen LogP) is 1.18. The molecule has 0 bridgehead atoms. The quantitative estimate of drug-likeness (QED) is 0.774. The summed E-state index contributed by atoms with van der Waals surface area (Å²) in [7, 11) is 1.57. The Morgan fingerprint density at radius 2 is 2.00 bits per heavy atom. The largest absolute Gasteiger partial charge is 0.491 e. The number of hydrogen-bond donors (Lipinski definition) is 1. The molecule has 0 aliphatic heterocycles. The van der Waals surface area contributed by atoms with E-state index in [1.165, 1.54) is 12.1 Å². The molecule has 14 heavy (non-hydrogen) atoms. The third kappa shape index (κ3) is 3.32. The Labute approximate surface area is 82.6 Å². The number of halogens is 1. The summed E-state index contributed by atoms with van der Waals surface area (Å²) >= 11 is 0. The van der Waals surface area contributed by atoms with Gasteiger partial charge in [-0.3, -0.25) is 0 Å². The molecular weight excluding hydrogens is 185 g/mol. The highest BCUT2D eigenvalue weighted by Gasteiger charge is 2.05. The molecule has 0 amide bonds. The lowest BCUT2D eigenvalue weighted by molar-refractivity contribution is 0.0643. The predicted molar refractivity (Wildman–Crippen MR) is 51.7 cm³/mol. The summed E-state index contributed by atoms with van der Waals surface area (Å²) < 4.78 is 22.9. The highest BCUT2D eigenvalue weighted by Crippen LogP contribution is 2.11. The highest BCUT2D eigenvalue weighted by molar-refractivity contribution is 5.22. The van der Waals surface area contributed by atoms with E-state index in [9.17, 15) is 4.39 Å².